The number of hydrogen-bond acceptors (Lipinski definition) is 0. The number of rotatable bonds is 5. The van der Waals surface area contributed by atoms with Gasteiger partial charge in [-0.2, -0.15) is 0 Å². The average molecular weight is 609 g/mol. The fourth-order valence-corrected chi connectivity index (χ4v) is 7.71. The molecule has 0 nitrogen and oxygen atoms in total. The van der Waals surface area contributed by atoms with Gasteiger partial charge in [-0.1, -0.05) is 159 Å². The largest absolute Gasteiger partial charge is 0.0984 e. The molecule has 0 radical (unpaired) electrons. The van der Waals surface area contributed by atoms with Crippen molar-refractivity contribution in [2.45, 2.75) is 0 Å². The van der Waals surface area contributed by atoms with Gasteiger partial charge in [0.2, 0.25) is 0 Å². The third-order valence-corrected chi connectivity index (χ3v) is 9.98. The molecule has 0 bridgehead atoms. The lowest BCUT2D eigenvalue weighted by Gasteiger charge is -2.15. The molecule has 0 N–H and O–H groups in total. The van der Waals surface area contributed by atoms with Gasteiger partial charge in [0, 0.05) is 0 Å². The summed E-state index contributed by atoms with van der Waals surface area (Å²) in [5.74, 6) is 0. The second-order valence-corrected chi connectivity index (χ2v) is 12.6. The molecular weight excluding hydrogens is 577 g/mol. The van der Waals surface area contributed by atoms with Gasteiger partial charge in [0.25, 0.3) is 0 Å². The summed E-state index contributed by atoms with van der Waals surface area (Å²) in [5.41, 5.74) is 9.49. The Bertz CT molecular complexity index is 2720. The standard InChI is InChI=1S/C48H32/c1-3-37-38(4-2)45-25-23-35(29-47(45)43-21-9-5-17-39(37)43)33-15-11-13-31(27-33)32-14-12-16-34(28-32)36-24-26-46-42-20-7-6-18-40(42)41-19-8-10-22-44(41)48(46)30-36/h3-30H,1-2H2. The smallest absolute Gasteiger partial charge is 0.00928 e. The molecule has 0 saturated heterocycles. The molecule has 0 aliphatic rings. The lowest BCUT2D eigenvalue weighted by Crippen LogP contribution is -1.90. The molecule has 0 aliphatic carbocycles. The predicted octanol–water partition coefficient (Wildman–Crippen LogP) is 13.7. The van der Waals surface area contributed by atoms with Crippen molar-refractivity contribution in [2.24, 2.45) is 0 Å². The van der Waals surface area contributed by atoms with E-state index >= 15 is 0 Å². The van der Waals surface area contributed by atoms with Crippen LogP contribution in [0.4, 0.5) is 0 Å². The topological polar surface area (TPSA) is 0 Å². The van der Waals surface area contributed by atoms with Gasteiger partial charge in [-0.25, -0.2) is 0 Å². The molecule has 9 aromatic rings. The van der Waals surface area contributed by atoms with E-state index in [-0.39, 0.29) is 0 Å². The van der Waals surface area contributed by atoms with E-state index in [1.165, 1.54) is 87.2 Å². The van der Waals surface area contributed by atoms with Crippen LogP contribution < -0.4 is 0 Å². The Morgan fingerprint density at radius 1 is 0.250 bits per heavy atom. The van der Waals surface area contributed by atoms with Crippen molar-refractivity contribution in [3.63, 3.8) is 0 Å². The highest BCUT2D eigenvalue weighted by atomic mass is 14.2. The van der Waals surface area contributed by atoms with E-state index in [0.717, 1.165) is 11.1 Å². The molecule has 0 fully saturated rings. The van der Waals surface area contributed by atoms with Crippen LogP contribution in [0.1, 0.15) is 11.1 Å². The molecule has 9 rings (SSSR count). The van der Waals surface area contributed by atoms with Gasteiger partial charge in [0.15, 0.2) is 0 Å². The van der Waals surface area contributed by atoms with Crippen molar-refractivity contribution in [3.05, 3.63) is 182 Å². The van der Waals surface area contributed by atoms with Gasteiger partial charge in [0.05, 0.1) is 0 Å². The summed E-state index contributed by atoms with van der Waals surface area (Å²) in [6.07, 6.45) is 3.91. The van der Waals surface area contributed by atoms with Crippen LogP contribution in [0, 0.1) is 0 Å². The van der Waals surface area contributed by atoms with E-state index in [2.05, 4.69) is 171 Å². The van der Waals surface area contributed by atoms with Crippen molar-refractivity contribution in [2.75, 3.05) is 0 Å². The number of fused-ring (bicyclic) bond motifs is 9. The minimum absolute atomic E-state index is 1.13. The summed E-state index contributed by atoms with van der Waals surface area (Å²) < 4.78 is 0. The van der Waals surface area contributed by atoms with Crippen LogP contribution in [0.5, 0.6) is 0 Å². The molecular formula is C48H32. The molecule has 0 heterocycles. The van der Waals surface area contributed by atoms with Crippen LogP contribution in [-0.2, 0) is 0 Å². The third kappa shape index (κ3) is 4.38. The highest BCUT2D eigenvalue weighted by molar-refractivity contribution is 6.25. The summed E-state index contributed by atoms with van der Waals surface area (Å²) in [6, 6.07) is 57.7. The van der Waals surface area contributed by atoms with Crippen LogP contribution in [0.25, 0.3) is 99.4 Å². The van der Waals surface area contributed by atoms with Crippen molar-refractivity contribution in [1.82, 2.24) is 0 Å². The Morgan fingerprint density at radius 3 is 0.979 bits per heavy atom. The van der Waals surface area contributed by atoms with E-state index in [1.54, 1.807) is 0 Å². The second-order valence-electron chi connectivity index (χ2n) is 12.6. The fraction of sp³-hybridized carbons (Fsp3) is 0. The van der Waals surface area contributed by atoms with E-state index < -0.39 is 0 Å². The molecule has 224 valence electrons. The van der Waals surface area contributed by atoms with Crippen molar-refractivity contribution >= 4 is 66.0 Å². The van der Waals surface area contributed by atoms with Crippen LogP contribution in [0.3, 0.4) is 0 Å². The van der Waals surface area contributed by atoms with Gasteiger partial charge in [-0.05, 0) is 123 Å². The molecule has 0 heteroatoms. The maximum Gasteiger partial charge on any atom is -0.00928 e. The highest BCUT2D eigenvalue weighted by Gasteiger charge is 2.13. The molecule has 48 heavy (non-hydrogen) atoms. The van der Waals surface area contributed by atoms with Crippen LogP contribution >= 0.6 is 0 Å². The zero-order valence-electron chi connectivity index (χ0n) is 26.6. The van der Waals surface area contributed by atoms with Gasteiger partial charge < -0.3 is 0 Å². The zero-order chi connectivity index (χ0) is 32.2. The fourth-order valence-electron chi connectivity index (χ4n) is 7.71. The Morgan fingerprint density at radius 2 is 0.542 bits per heavy atom. The average Bonchev–Trinajstić information content (AvgIpc) is 3.17. The van der Waals surface area contributed by atoms with Crippen molar-refractivity contribution in [1.29, 1.82) is 0 Å². The molecule has 0 atom stereocenters. The summed E-state index contributed by atoms with van der Waals surface area (Å²) in [6.45, 7) is 8.26. The Hall–Kier alpha value is -6.24. The van der Waals surface area contributed by atoms with Crippen LogP contribution in [0.15, 0.2) is 171 Å². The molecule has 0 aliphatic heterocycles. The molecule has 0 unspecified atom stereocenters. The molecule has 0 amide bonds. The number of benzene rings is 9. The lowest BCUT2D eigenvalue weighted by molar-refractivity contribution is 1.59. The van der Waals surface area contributed by atoms with Crippen LogP contribution in [-0.4, -0.2) is 0 Å². The van der Waals surface area contributed by atoms with Gasteiger partial charge in [-0.3, -0.25) is 0 Å². The Labute approximate surface area is 280 Å². The maximum absolute atomic E-state index is 4.14. The SMILES string of the molecule is C=Cc1c(C=C)c2ccc(-c3cccc(-c4cccc(-c5ccc6c7ccccc7c7ccccc7c6c5)c4)c3)cc2c2ccccc12. The summed E-state index contributed by atoms with van der Waals surface area (Å²) in [4.78, 5) is 0. The minimum Gasteiger partial charge on any atom is -0.0984 e. The first-order valence-corrected chi connectivity index (χ1v) is 16.5. The Balaban J connectivity index is 1.15. The summed E-state index contributed by atoms with van der Waals surface area (Å²) in [7, 11) is 0. The van der Waals surface area contributed by atoms with Crippen LogP contribution in [0.2, 0.25) is 0 Å². The van der Waals surface area contributed by atoms with E-state index in [4.69, 9.17) is 0 Å². The first-order valence-electron chi connectivity index (χ1n) is 16.5. The lowest BCUT2D eigenvalue weighted by atomic mass is 9.89. The third-order valence-electron chi connectivity index (χ3n) is 9.98. The first-order chi connectivity index (χ1) is 23.7. The summed E-state index contributed by atoms with van der Waals surface area (Å²) >= 11 is 0. The van der Waals surface area contributed by atoms with E-state index in [0.29, 0.717) is 0 Å². The maximum atomic E-state index is 4.14. The molecule has 0 saturated carbocycles. The predicted molar refractivity (Wildman–Crippen MR) is 210 cm³/mol. The van der Waals surface area contributed by atoms with Gasteiger partial charge >= 0.3 is 0 Å². The van der Waals surface area contributed by atoms with E-state index in [1.807, 2.05) is 12.2 Å². The Kier molecular flexibility index (Phi) is 6.55. The molecule has 0 spiro atoms. The van der Waals surface area contributed by atoms with Crippen molar-refractivity contribution < 1.29 is 0 Å². The molecule has 0 aromatic heterocycles. The highest BCUT2D eigenvalue weighted by Crippen LogP contribution is 2.39. The molecule has 9 aromatic carbocycles. The monoisotopic (exact) mass is 608 g/mol. The zero-order valence-corrected chi connectivity index (χ0v) is 26.6. The van der Waals surface area contributed by atoms with Gasteiger partial charge in [0.1, 0.15) is 0 Å². The van der Waals surface area contributed by atoms with Crippen molar-refractivity contribution in [3.8, 4) is 33.4 Å². The summed E-state index contributed by atoms with van der Waals surface area (Å²) in [5, 5.41) is 12.6. The van der Waals surface area contributed by atoms with Gasteiger partial charge in [-0.15, -0.1) is 0 Å². The van der Waals surface area contributed by atoms with E-state index in [9.17, 15) is 0 Å². The first kappa shape index (κ1) is 28.0. The quantitative estimate of drug-likeness (QED) is 0.171. The number of hydrogen-bond donors (Lipinski definition) is 0. The second kappa shape index (κ2) is 11.2. The minimum atomic E-state index is 1.13. The normalized spacial score (nSPS) is 11.5.